The van der Waals surface area contributed by atoms with Gasteiger partial charge in [0.1, 0.15) is 0 Å². The van der Waals surface area contributed by atoms with E-state index in [2.05, 4.69) is 37.9 Å². The molecule has 1 atom stereocenters. The molecule has 1 heterocycles. The first kappa shape index (κ1) is 13.9. The Morgan fingerprint density at radius 3 is 2.81 bits per heavy atom. The van der Waals surface area contributed by atoms with E-state index < -0.39 is 0 Å². The third-order valence-corrected chi connectivity index (χ3v) is 3.41. The van der Waals surface area contributed by atoms with E-state index in [0.717, 1.165) is 32.8 Å². The van der Waals surface area contributed by atoms with Crippen LogP contribution in [-0.2, 0) is 4.74 Å². The summed E-state index contributed by atoms with van der Waals surface area (Å²) in [5, 5.41) is 3.59. The lowest BCUT2D eigenvalue weighted by Crippen LogP contribution is -2.54. The fourth-order valence-electron chi connectivity index (χ4n) is 2.29. The SMILES string of the molecule is CCCC(C)NCCN1CCOCC1(C)C. The van der Waals surface area contributed by atoms with E-state index in [1.54, 1.807) is 0 Å². The largest absolute Gasteiger partial charge is 0.378 e. The molecule has 96 valence electrons. The van der Waals surface area contributed by atoms with Crippen LogP contribution in [0.4, 0.5) is 0 Å². The van der Waals surface area contributed by atoms with Crippen LogP contribution in [0, 0.1) is 0 Å². The van der Waals surface area contributed by atoms with Crippen LogP contribution in [0.15, 0.2) is 0 Å². The lowest BCUT2D eigenvalue weighted by molar-refractivity contribution is -0.0502. The summed E-state index contributed by atoms with van der Waals surface area (Å²) in [6.07, 6.45) is 2.53. The Balaban J connectivity index is 2.20. The second-order valence-electron chi connectivity index (χ2n) is 5.50. The maximum Gasteiger partial charge on any atom is 0.0645 e. The molecule has 16 heavy (non-hydrogen) atoms. The van der Waals surface area contributed by atoms with Gasteiger partial charge in [-0.3, -0.25) is 4.90 Å². The monoisotopic (exact) mass is 228 g/mol. The molecule has 0 spiro atoms. The molecular formula is C13H28N2O. The van der Waals surface area contributed by atoms with Crippen LogP contribution in [0.25, 0.3) is 0 Å². The van der Waals surface area contributed by atoms with Crippen molar-refractivity contribution in [3.8, 4) is 0 Å². The fourth-order valence-corrected chi connectivity index (χ4v) is 2.29. The number of nitrogens with zero attached hydrogens (tertiary/aromatic N) is 1. The highest BCUT2D eigenvalue weighted by Crippen LogP contribution is 2.17. The molecular weight excluding hydrogens is 200 g/mol. The van der Waals surface area contributed by atoms with Gasteiger partial charge in [0.15, 0.2) is 0 Å². The van der Waals surface area contributed by atoms with E-state index in [-0.39, 0.29) is 5.54 Å². The Labute approximate surface area is 101 Å². The zero-order valence-electron chi connectivity index (χ0n) is 11.4. The number of ether oxygens (including phenoxy) is 1. The van der Waals surface area contributed by atoms with Crippen molar-refractivity contribution in [3.05, 3.63) is 0 Å². The second-order valence-corrected chi connectivity index (χ2v) is 5.50. The minimum atomic E-state index is 0.202. The first-order valence-corrected chi connectivity index (χ1v) is 6.62. The average Bonchev–Trinajstić information content (AvgIpc) is 2.21. The molecule has 1 saturated heterocycles. The van der Waals surface area contributed by atoms with Crippen molar-refractivity contribution in [2.45, 2.75) is 52.1 Å². The lowest BCUT2D eigenvalue weighted by Gasteiger charge is -2.42. The second kappa shape index (κ2) is 6.58. The minimum absolute atomic E-state index is 0.202. The Morgan fingerprint density at radius 2 is 2.19 bits per heavy atom. The normalized spacial score (nSPS) is 23.2. The molecule has 0 aliphatic carbocycles. The number of hydrogen-bond donors (Lipinski definition) is 1. The highest BCUT2D eigenvalue weighted by Gasteiger charge is 2.29. The molecule has 1 rings (SSSR count). The predicted octanol–water partition coefficient (Wildman–Crippen LogP) is 1.88. The van der Waals surface area contributed by atoms with Crippen LogP contribution >= 0.6 is 0 Å². The van der Waals surface area contributed by atoms with Crippen LogP contribution in [0.1, 0.15) is 40.5 Å². The Morgan fingerprint density at radius 1 is 1.44 bits per heavy atom. The van der Waals surface area contributed by atoms with Crippen molar-refractivity contribution >= 4 is 0 Å². The van der Waals surface area contributed by atoms with Crippen LogP contribution in [0.3, 0.4) is 0 Å². The van der Waals surface area contributed by atoms with E-state index in [9.17, 15) is 0 Å². The van der Waals surface area contributed by atoms with E-state index in [0.29, 0.717) is 6.04 Å². The molecule has 1 N–H and O–H groups in total. The molecule has 0 aromatic heterocycles. The molecule has 0 radical (unpaired) electrons. The van der Waals surface area contributed by atoms with Crippen molar-refractivity contribution in [2.24, 2.45) is 0 Å². The minimum Gasteiger partial charge on any atom is -0.378 e. The molecule has 0 saturated carbocycles. The molecule has 1 fully saturated rings. The molecule has 0 bridgehead atoms. The van der Waals surface area contributed by atoms with Crippen molar-refractivity contribution in [1.29, 1.82) is 0 Å². The lowest BCUT2D eigenvalue weighted by atomic mass is 10.0. The summed E-state index contributed by atoms with van der Waals surface area (Å²) >= 11 is 0. The topological polar surface area (TPSA) is 24.5 Å². The smallest absolute Gasteiger partial charge is 0.0645 e. The number of nitrogens with one attached hydrogen (secondary N) is 1. The highest BCUT2D eigenvalue weighted by atomic mass is 16.5. The molecule has 0 aromatic rings. The van der Waals surface area contributed by atoms with Gasteiger partial charge >= 0.3 is 0 Å². The van der Waals surface area contributed by atoms with Gasteiger partial charge in [0.2, 0.25) is 0 Å². The standard InChI is InChI=1S/C13H28N2O/c1-5-6-12(2)14-7-8-15-9-10-16-11-13(15,3)4/h12,14H,5-11H2,1-4H3. The summed E-state index contributed by atoms with van der Waals surface area (Å²) in [6.45, 7) is 14.1. The van der Waals surface area contributed by atoms with Crippen molar-refractivity contribution in [1.82, 2.24) is 10.2 Å². The quantitative estimate of drug-likeness (QED) is 0.751. The Bertz CT molecular complexity index is 194. The van der Waals surface area contributed by atoms with Crippen molar-refractivity contribution < 1.29 is 4.74 Å². The van der Waals surface area contributed by atoms with Crippen LogP contribution in [0.5, 0.6) is 0 Å². The van der Waals surface area contributed by atoms with Crippen LogP contribution in [0.2, 0.25) is 0 Å². The first-order valence-electron chi connectivity index (χ1n) is 6.62. The van der Waals surface area contributed by atoms with Gasteiger partial charge < -0.3 is 10.1 Å². The van der Waals surface area contributed by atoms with Gasteiger partial charge in [-0.05, 0) is 27.2 Å². The maximum absolute atomic E-state index is 5.52. The van der Waals surface area contributed by atoms with Gasteiger partial charge in [-0.25, -0.2) is 0 Å². The molecule has 3 nitrogen and oxygen atoms in total. The zero-order valence-corrected chi connectivity index (χ0v) is 11.4. The van der Waals surface area contributed by atoms with Gasteiger partial charge in [-0.1, -0.05) is 13.3 Å². The first-order chi connectivity index (χ1) is 7.56. The van der Waals surface area contributed by atoms with Gasteiger partial charge in [-0.15, -0.1) is 0 Å². The van der Waals surface area contributed by atoms with Gasteiger partial charge in [0.05, 0.1) is 13.2 Å². The fraction of sp³-hybridized carbons (Fsp3) is 1.00. The summed E-state index contributed by atoms with van der Waals surface area (Å²) < 4.78 is 5.52. The molecule has 3 heteroatoms. The summed E-state index contributed by atoms with van der Waals surface area (Å²) in [4.78, 5) is 2.53. The van der Waals surface area contributed by atoms with E-state index >= 15 is 0 Å². The highest BCUT2D eigenvalue weighted by molar-refractivity contribution is 4.84. The number of rotatable bonds is 6. The van der Waals surface area contributed by atoms with Crippen LogP contribution in [-0.4, -0.2) is 49.3 Å². The molecule has 1 aliphatic heterocycles. The third kappa shape index (κ3) is 4.40. The number of hydrogen-bond acceptors (Lipinski definition) is 3. The summed E-state index contributed by atoms with van der Waals surface area (Å²) in [5.41, 5.74) is 0.202. The van der Waals surface area contributed by atoms with Crippen molar-refractivity contribution in [2.75, 3.05) is 32.8 Å². The molecule has 0 amide bonds. The van der Waals surface area contributed by atoms with Crippen LogP contribution < -0.4 is 5.32 Å². The summed E-state index contributed by atoms with van der Waals surface area (Å²) in [5.74, 6) is 0. The Kier molecular flexibility index (Phi) is 5.73. The Hall–Kier alpha value is -0.120. The van der Waals surface area contributed by atoms with Gasteiger partial charge in [0, 0.05) is 31.2 Å². The zero-order chi connectivity index (χ0) is 12.0. The van der Waals surface area contributed by atoms with Crippen molar-refractivity contribution in [3.63, 3.8) is 0 Å². The summed E-state index contributed by atoms with van der Waals surface area (Å²) in [7, 11) is 0. The maximum atomic E-state index is 5.52. The molecule has 1 unspecified atom stereocenters. The van der Waals surface area contributed by atoms with Gasteiger partial charge in [-0.2, -0.15) is 0 Å². The van der Waals surface area contributed by atoms with E-state index in [1.165, 1.54) is 12.8 Å². The van der Waals surface area contributed by atoms with E-state index in [4.69, 9.17) is 4.74 Å². The summed E-state index contributed by atoms with van der Waals surface area (Å²) in [6, 6.07) is 0.647. The third-order valence-electron chi connectivity index (χ3n) is 3.41. The van der Waals surface area contributed by atoms with E-state index in [1.807, 2.05) is 0 Å². The molecule has 0 aromatic carbocycles. The average molecular weight is 228 g/mol. The molecule has 1 aliphatic rings. The van der Waals surface area contributed by atoms with Gasteiger partial charge in [0.25, 0.3) is 0 Å². The number of morpholine rings is 1. The predicted molar refractivity (Wildman–Crippen MR) is 68.8 cm³/mol.